The zero-order chi connectivity index (χ0) is 12.2. The Labute approximate surface area is 98.2 Å². The molecule has 0 saturated heterocycles. The highest BCUT2D eigenvalue weighted by atomic mass is 19.3. The molecular formula is C13H13F2NO. The second kappa shape index (κ2) is 3.28. The maximum absolute atomic E-state index is 13.8. The molecule has 0 unspecified atom stereocenters. The molecule has 4 heteroatoms. The van der Waals surface area contributed by atoms with Crippen LogP contribution in [0.15, 0.2) is 18.2 Å². The first kappa shape index (κ1) is 10.7. The minimum absolute atomic E-state index is 0.0123. The van der Waals surface area contributed by atoms with Crippen LogP contribution >= 0.6 is 0 Å². The summed E-state index contributed by atoms with van der Waals surface area (Å²) in [7, 11) is 0. The lowest BCUT2D eigenvalue weighted by Crippen LogP contribution is -2.36. The van der Waals surface area contributed by atoms with Crippen molar-refractivity contribution in [2.75, 3.05) is 4.90 Å². The number of alkyl halides is 2. The first-order valence-corrected chi connectivity index (χ1v) is 5.90. The number of halogens is 2. The second-order valence-electron chi connectivity index (χ2n) is 4.69. The summed E-state index contributed by atoms with van der Waals surface area (Å²) in [5, 5.41) is 0. The predicted octanol–water partition coefficient (Wildman–Crippen LogP) is 2.85. The topological polar surface area (TPSA) is 20.3 Å². The van der Waals surface area contributed by atoms with Crippen LogP contribution in [0.2, 0.25) is 0 Å². The normalized spacial score (nSPS) is 21.8. The van der Waals surface area contributed by atoms with Gasteiger partial charge in [0, 0.05) is 6.04 Å². The smallest absolute Gasteiger partial charge is 0.303 e. The standard InChI is InChI=1S/C13H13F2NO/c1-2-8-3-6-10-11(7-8)16(9-4-5-9)12(17)13(10,14)15/h3,6-7,9H,2,4-5H2,1H3. The molecule has 1 amide bonds. The molecule has 0 bridgehead atoms. The molecule has 0 aromatic heterocycles. The van der Waals surface area contributed by atoms with Gasteiger partial charge in [-0.1, -0.05) is 19.1 Å². The number of rotatable bonds is 2. The molecule has 1 fully saturated rings. The zero-order valence-electron chi connectivity index (χ0n) is 9.54. The Hall–Kier alpha value is -1.45. The van der Waals surface area contributed by atoms with Gasteiger partial charge in [0.25, 0.3) is 0 Å². The van der Waals surface area contributed by atoms with Crippen LogP contribution in [0.4, 0.5) is 14.5 Å². The third-order valence-corrected chi connectivity index (χ3v) is 3.47. The molecule has 2 aliphatic rings. The first-order valence-electron chi connectivity index (χ1n) is 5.90. The number of nitrogens with zero attached hydrogens (tertiary/aromatic N) is 1. The van der Waals surface area contributed by atoms with Gasteiger partial charge in [-0.3, -0.25) is 4.79 Å². The summed E-state index contributed by atoms with van der Waals surface area (Å²) in [6.45, 7) is 1.97. The highest BCUT2D eigenvalue weighted by Crippen LogP contribution is 2.48. The lowest BCUT2D eigenvalue weighted by atomic mass is 10.1. The highest BCUT2D eigenvalue weighted by molar-refractivity contribution is 6.06. The first-order chi connectivity index (χ1) is 8.05. The molecule has 1 saturated carbocycles. The molecule has 0 atom stereocenters. The summed E-state index contributed by atoms with van der Waals surface area (Å²) < 4.78 is 27.6. The molecule has 1 heterocycles. The lowest BCUT2D eigenvalue weighted by molar-refractivity contribution is -0.141. The van der Waals surface area contributed by atoms with Crippen molar-refractivity contribution < 1.29 is 13.6 Å². The van der Waals surface area contributed by atoms with Crippen molar-refractivity contribution in [3.05, 3.63) is 29.3 Å². The molecule has 2 nitrogen and oxygen atoms in total. The average Bonchev–Trinajstić information content (AvgIpc) is 3.10. The van der Waals surface area contributed by atoms with Crippen LogP contribution in [-0.2, 0) is 17.1 Å². The number of anilines is 1. The van der Waals surface area contributed by atoms with Gasteiger partial charge < -0.3 is 4.90 Å². The third kappa shape index (κ3) is 1.39. The number of carbonyl (C=O) groups excluding carboxylic acids is 1. The minimum atomic E-state index is -3.34. The molecular weight excluding hydrogens is 224 g/mol. The number of hydrogen-bond donors (Lipinski definition) is 0. The van der Waals surface area contributed by atoms with E-state index in [2.05, 4.69) is 0 Å². The molecule has 0 spiro atoms. The van der Waals surface area contributed by atoms with E-state index in [0.717, 1.165) is 24.8 Å². The van der Waals surface area contributed by atoms with Gasteiger partial charge in [-0.05, 0) is 30.9 Å². The summed E-state index contributed by atoms with van der Waals surface area (Å²) in [5.41, 5.74) is 1.27. The van der Waals surface area contributed by atoms with E-state index in [9.17, 15) is 13.6 Å². The fourth-order valence-corrected chi connectivity index (χ4v) is 2.33. The molecule has 1 aromatic carbocycles. The van der Waals surface area contributed by atoms with Crippen molar-refractivity contribution in [2.24, 2.45) is 0 Å². The van der Waals surface area contributed by atoms with Crippen molar-refractivity contribution in [1.29, 1.82) is 0 Å². The van der Waals surface area contributed by atoms with Crippen LogP contribution < -0.4 is 4.90 Å². The fraction of sp³-hybridized carbons (Fsp3) is 0.462. The third-order valence-electron chi connectivity index (χ3n) is 3.47. The summed E-state index contributed by atoms with van der Waals surface area (Å²) >= 11 is 0. The van der Waals surface area contributed by atoms with Gasteiger partial charge in [-0.25, -0.2) is 0 Å². The summed E-state index contributed by atoms with van der Waals surface area (Å²) in [6.07, 6.45) is 2.45. The molecule has 0 radical (unpaired) electrons. The van der Waals surface area contributed by atoms with Gasteiger partial charge in [0.1, 0.15) is 0 Å². The Morgan fingerprint density at radius 2 is 2.12 bits per heavy atom. The van der Waals surface area contributed by atoms with E-state index in [0.29, 0.717) is 5.69 Å². The highest BCUT2D eigenvalue weighted by Gasteiger charge is 2.56. The van der Waals surface area contributed by atoms with Gasteiger partial charge >= 0.3 is 11.8 Å². The van der Waals surface area contributed by atoms with E-state index >= 15 is 0 Å². The van der Waals surface area contributed by atoms with E-state index in [1.165, 1.54) is 11.0 Å². The summed E-state index contributed by atoms with van der Waals surface area (Å²) in [6, 6.07) is 4.79. The number of carbonyl (C=O) groups is 1. The van der Waals surface area contributed by atoms with E-state index < -0.39 is 11.8 Å². The second-order valence-corrected chi connectivity index (χ2v) is 4.69. The van der Waals surface area contributed by atoms with Crippen molar-refractivity contribution >= 4 is 11.6 Å². The number of amides is 1. The van der Waals surface area contributed by atoms with Gasteiger partial charge in [0.2, 0.25) is 0 Å². The van der Waals surface area contributed by atoms with E-state index in [1.807, 2.05) is 6.92 Å². The SMILES string of the molecule is CCc1ccc2c(c1)N(C1CC1)C(=O)C2(F)F. The minimum Gasteiger partial charge on any atom is -0.303 e. The van der Waals surface area contributed by atoms with Crippen molar-refractivity contribution in [2.45, 2.75) is 38.2 Å². The quantitative estimate of drug-likeness (QED) is 0.774. The Kier molecular flexibility index (Phi) is 2.06. The van der Waals surface area contributed by atoms with Crippen LogP contribution in [0.3, 0.4) is 0 Å². The van der Waals surface area contributed by atoms with Gasteiger partial charge in [-0.15, -0.1) is 0 Å². The van der Waals surface area contributed by atoms with E-state index in [1.54, 1.807) is 12.1 Å². The zero-order valence-corrected chi connectivity index (χ0v) is 9.54. The Bertz CT molecular complexity index is 494. The maximum atomic E-state index is 13.8. The van der Waals surface area contributed by atoms with Crippen molar-refractivity contribution in [3.8, 4) is 0 Å². The van der Waals surface area contributed by atoms with Crippen LogP contribution in [0.25, 0.3) is 0 Å². The Morgan fingerprint density at radius 1 is 1.41 bits per heavy atom. The predicted molar refractivity (Wildman–Crippen MR) is 60.2 cm³/mol. The van der Waals surface area contributed by atoms with Crippen molar-refractivity contribution in [3.63, 3.8) is 0 Å². The molecule has 0 N–H and O–H groups in total. The number of fused-ring (bicyclic) bond motifs is 1. The monoisotopic (exact) mass is 237 g/mol. The molecule has 17 heavy (non-hydrogen) atoms. The van der Waals surface area contributed by atoms with Crippen LogP contribution in [0, 0.1) is 0 Å². The largest absolute Gasteiger partial charge is 0.352 e. The van der Waals surface area contributed by atoms with E-state index in [4.69, 9.17) is 0 Å². The molecule has 90 valence electrons. The molecule has 1 aliphatic heterocycles. The number of hydrogen-bond acceptors (Lipinski definition) is 1. The molecule has 1 aromatic rings. The van der Waals surface area contributed by atoms with Gasteiger partial charge in [0.15, 0.2) is 0 Å². The van der Waals surface area contributed by atoms with Crippen LogP contribution in [0.1, 0.15) is 30.9 Å². The molecule has 1 aliphatic carbocycles. The number of benzene rings is 1. The number of aryl methyl sites for hydroxylation is 1. The van der Waals surface area contributed by atoms with Gasteiger partial charge in [-0.2, -0.15) is 8.78 Å². The lowest BCUT2D eigenvalue weighted by Gasteiger charge is -2.16. The molecule has 3 rings (SSSR count). The van der Waals surface area contributed by atoms with Crippen molar-refractivity contribution in [1.82, 2.24) is 0 Å². The summed E-state index contributed by atoms with van der Waals surface area (Å²) in [5.74, 6) is -4.40. The van der Waals surface area contributed by atoms with Gasteiger partial charge in [0.05, 0.1) is 11.3 Å². The Morgan fingerprint density at radius 3 is 2.71 bits per heavy atom. The Balaban J connectivity index is 2.15. The summed E-state index contributed by atoms with van der Waals surface area (Å²) in [4.78, 5) is 13.0. The maximum Gasteiger partial charge on any atom is 0.352 e. The van der Waals surface area contributed by atoms with E-state index in [-0.39, 0.29) is 11.6 Å². The van der Waals surface area contributed by atoms with Crippen LogP contribution in [0.5, 0.6) is 0 Å². The average molecular weight is 237 g/mol. The van der Waals surface area contributed by atoms with Crippen LogP contribution in [-0.4, -0.2) is 11.9 Å². The fourth-order valence-electron chi connectivity index (χ4n) is 2.33.